The smallest absolute Gasteiger partial charge is 0.416 e. The van der Waals surface area contributed by atoms with Gasteiger partial charge in [0, 0.05) is 5.56 Å². The summed E-state index contributed by atoms with van der Waals surface area (Å²) in [6.07, 6.45) is -5.07. The minimum absolute atomic E-state index is 0.0393. The molecule has 0 unspecified atom stereocenters. The van der Waals surface area contributed by atoms with E-state index < -0.39 is 49.2 Å². The summed E-state index contributed by atoms with van der Waals surface area (Å²) >= 11 is 0. The highest BCUT2D eigenvalue weighted by atomic mass is 19.4. The fraction of sp³-hybridized carbons (Fsp3) is 0.211. The van der Waals surface area contributed by atoms with Crippen LogP contribution >= 0.6 is 0 Å². The number of hydrogen-bond acceptors (Lipinski definition) is 5. The maximum absolute atomic E-state index is 12.7. The lowest BCUT2D eigenvalue weighted by atomic mass is 10.1. The molecule has 2 rings (SSSR count). The van der Waals surface area contributed by atoms with Crippen LogP contribution in [0.2, 0.25) is 0 Å². The number of imide groups is 1. The number of nitrogens with one attached hydrogen (secondary N) is 1. The van der Waals surface area contributed by atoms with Gasteiger partial charge in [-0.1, -0.05) is 18.2 Å². The van der Waals surface area contributed by atoms with Crippen LogP contribution in [-0.2, 0) is 26.9 Å². The Morgan fingerprint density at radius 3 is 2.27 bits per heavy atom. The lowest BCUT2D eigenvalue weighted by molar-refractivity contribution is -0.147. The maximum Gasteiger partial charge on any atom is 0.416 e. The van der Waals surface area contributed by atoms with Gasteiger partial charge in [-0.05, 0) is 35.9 Å². The van der Waals surface area contributed by atoms with Crippen molar-refractivity contribution in [1.82, 2.24) is 5.32 Å². The zero-order valence-corrected chi connectivity index (χ0v) is 15.0. The van der Waals surface area contributed by atoms with E-state index in [0.29, 0.717) is 0 Å². The normalized spacial score (nSPS) is 11.1. The number of amides is 2. The summed E-state index contributed by atoms with van der Waals surface area (Å²) in [5.74, 6) is -3.01. The number of halogens is 5. The molecule has 0 bridgehead atoms. The highest BCUT2D eigenvalue weighted by Gasteiger charge is 2.30. The summed E-state index contributed by atoms with van der Waals surface area (Å²) in [7, 11) is 0. The standard InChI is InChI=1S/C19H14F5NO5/c20-18(21)30-14-6-4-12(5-7-14)17(28)25-15(26)10-29-16(27)9-11-2-1-3-13(8-11)19(22,23)24/h1-8,18H,9-10H2,(H,25,26,28). The summed E-state index contributed by atoms with van der Waals surface area (Å²) in [4.78, 5) is 35.3. The number of benzene rings is 2. The van der Waals surface area contributed by atoms with Crippen molar-refractivity contribution in [2.45, 2.75) is 19.2 Å². The topological polar surface area (TPSA) is 81.7 Å². The molecule has 30 heavy (non-hydrogen) atoms. The Kier molecular flexibility index (Phi) is 7.45. The van der Waals surface area contributed by atoms with Crippen molar-refractivity contribution in [3.63, 3.8) is 0 Å². The average molecular weight is 431 g/mol. The monoisotopic (exact) mass is 431 g/mol. The first-order valence-corrected chi connectivity index (χ1v) is 8.25. The van der Waals surface area contributed by atoms with Gasteiger partial charge in [0.2, 0.25) is 0 Å². The van der Waals surface area contributed by atoms with Gasteiger partial charge >= 0.3 is 18.8 Å². The summed E-state index contributed by atoms with van der Waals surface area (Å²) in [5.41, 5.74) is -0.932. The summed E-state index contributed by atoms with van der Waals surface area (Å²) in [6, 6.07) is 8.53. The number of hydrogen-bond donors (Lipinski definition) is 1. The largest absolute Gasteiger partial charge is 0.455 e. The molecule has 6 nitrogen and oxygen atoms in total. The van der Waals surface area contributed by atoms with E-state index in [2.05, 4.69) is 9.47 Å². The maximum atomic E-state index is 12.7. The lowest BCUT2D eigenvalue weighted by Crippen LogP contribution is -2.34. The second-order valence-electron chi connectivity index (χ2n) is 5.82. The van der Waals surface area contributed by atoms with Crippen molar-refractivity contribution < 1.29 is 45.8 Å². The number of ether oxygens (including phenoxy) is 2. The molecular weight excluding hydrogens is 417 g/mol. The molecule has 0 aromatic heterocycles. The lowest BCUT2D eigenvalue weighted by Gasteiger charge is -2.09. The first kappa shape index (κ1) is 22.8. The number of carbonyl (C=O) groups excluding carboxylic acids is 3. The molecule has 1 N–H and O–H groups in total. The predicted octanol–water partition coefficient (Wildman–Crippen LogP) is 3.35. The van der Waals surface area contributed by atoms with Crippen LogP contribution in [0.5, 0.6) is 5.75 Å². The van der Waals surface area contributed by atoms with Crippen LogP contribution in [-0.4, -0.2) is 31.0 Å². The number of alkyl halides is 5. The van der Waals surface area contributed by atoms with Crippen LogP contribution in [0.25, 0.3) is 0 Å². The van der Waals surface area contributed by atoms with Gasteiger partial charge in [-0.25, -0.2) is 0 Å². The van der Waals surface area contributed by atoms with Crippen molar-refractivity contribution in [2.75, 3.05) is 6.61 Å². The molecular formula is C19H14F5NO5. The van der Waals surface area contributed by atoms with Gasteiger partial charge in [0.05, 0.1) is 12.0 Å². The van der Waals surface area contributed by atoms with E-state index in [4.69, 9.17) is 0 Å². The molecule has 0 saturated carbocycles. The average Bonchev–Trinajstić information content (AvgIpc) is 2.66. The molecule has 0 aliphatic carbocycles. The van der Waals surface area contributed by atoms with E-state index in [1.807, 2.05) is 5.32 Å². The quantitative estimate of drug-likeness (QED) is 0.537. The fourth-order valence-corrected chi connectivity index (χ4v) is 2.24. The minimum Gasteiger partial charge on any atom is -0.455 e. The second-order valence-corrected chi connectivity index (χ2v) is 5.82. The second kappa shape index (κ2) is 9.81. The van der Waals surface area contributed by atoms with Crippen molar-refractivity contribution in [1.29, 1.82) is 0 Å². The first-order valence-electron chi connectivity index (χ1n) is 8.25. The summed E-state index contributed by atoms with van der Waals surface area (Å²) in [6.45, 7) is -3.87. The Hall–Kier alpha value is -3.50. The van der Waals surface area contributed by atoms with E-state index in [9.17, 15) is 36.3 Å². The van der Waals surface area contributed by atoms with E-state index in [1.165, 1.54) is 6.07 Å². The molecule has 2 aromatic carbocycles. The Balaban J connectivity index is 1.82. The molecule has 0 heterocycles. The van der Waals surface area contributed by atoms with Gasteiger partial charge in [0.15, 0.2) is 6.61 Å². The Bertz CT molecular complexity index is 912. The van der Waals surface area contributed by atoms with E-state index in [-0.39, 0.29) is 16.9 Å². The van der Waals surface area contributed by atoms with Gasteiger partial charge in [-0.3, -0.25) is 19.7 Å². The highest BCUT2D eigenvalue weighted by molar-refractivity contribution is 6.05. The number of esters is 1. The molecule has 2 aromatic rings. The zero-order chi connectivity index (χ0) is 22.3. The third kappa shape index (κ3) is 7.15. The Labute approximate surface area is 166 Å². The molecule has 0 aliphatic heterocycles. The van der Waals surface area contributed by atoms with Crippen molar-refractivity contribution in [2.24, 2.45) is 0 Å². The SMILES string of the molecule is O=C(COC(=O)Cc1cccc(C(F)(F)F)c1)NC(=O)c1ccc(OC(F)F)cc1. The van der Waals surface area contributed by atoms with Gasteiger partial charge in [0.25, 0.3) is 11.8 Å². The van der Waals surface area contributed by atoms with Crippen molar-refractivity contribution in [3.05, 3.63) is 65.2 Å². The van der Waals surface area contributed by atoms with Gasteiger partial charge < -0.3 is 9.47 Å². The number of carbonyl (C=O) groups is 3. The van der Waals surface area contributed by atoms with Gasteiger partial charge in [-0.2, -0.15) is 22.0 Å². The third-order valence-electron chi connectivity index (χ3n) is 3.56. The van der Waals surface area contributed by atoms with Crippen molar-refractivity contribution >= 4 is 17.8 Å². The molecule has 0 fully saturated rings. The molecule has 11 heteroatoms. The third-order valence-corrected chi connectivity index (χ3v) is 3.56. The van der Waals surface area contributed by atoms with Crippen LogP contribution in [0.15, 0.2) is 48.5 Å². The first-order chi connectivity index (χ1) is 14.0. The molecule has 0 saturated heterocycles. The minimum atomic E-state index is -4.57. The number of rotatable bonds is 7. The van der Waals surface area contributed by atoms with Gasteiger partial charge in [0.1, 0.15) is 5.75 Å². The van der Waals surface area contributed by atoms with E-state index in [0.717, 1.165) is 42.5 Å². The van der Waals surface area contributed by atoms with E-state index >= 15 is 0 Å². The van der Waals surface area contributed by atoms with Crippen LogP contribution in [0.1, 0.15) is 21.5 Å². The van der Waals surface area contributed by atoms with Crippen LogP contribution in [0.3, 0.4) is 0 Å². The Morgan fingerprint density at radius 1 is 1.00 bits per heavy atom. The fourth-order valence-electron chi connectivity index (χ4n) is 2.24. The van der Waals surface area contributed by atoms with Crippen LogP contribution < -0.4 is 10.1 Å². The van der Waals surface area contributed by atoms with Crippen LogP contribution in [0, 0.1) is 0 Å². The predicted molar refractivity (Wildman–Crippen MR) is 91.7 cm³/mol. The summed E-state index contributed by atoms with van der Waals surface area (Å²) in [5, 5.41) is 1.91. The highest BCUT2D eigenvalue weighted by Crippen LogP contribution is 2.29. The van der Waals surface area contributed by atoms with Crippen LogP contribution in [0.4, 0.5) is 22.0 Å². The molecule has 2 amide bonds. The molecule has 0 aliphatic rings. The van der Waals surface area contributed by atoms with Crippen molar-refractivity contribution in [3.8, 4) is 5.75 Å². The van der Waals surface area contributed by atoms with Gasteiger partial charge in [-0.15, -0.1) is 0 Å². The molecule has 0 atom stereocenters. The van der Waals surface area contributed by atoms with E-state index in [1.54, 1.807) is 0 Å². The molecule has 0 spiro atoms. The Morgan fingerprint density at radius 2 is 1.67 bits per heavy atom. The zero-order valence-electron chi connectivity index (χ0n) is 15.0. The molecule has 0 radical (unpaired) electrons. The molecule has 160 valence electrons. The summed E-state index contributed by atoms with van der Waals surface area (Å²) < 4.78 is 70.9.